The number of hydrogen-bond acceptors (Lipinski definition) is 7. The molecule has 0 aliphatic carbocycles. The normalized spacial score (nSPS) is 22.3. The molecule has 0 spiro atoms. The average Bonchev–Trinajstić information content (AvgIpc) is 2.73. The van der Waals surface area contributed by atoms with Crippen LogP contribution in [0.1, 0.15) is 12.5 Å². The summed E-state index contributed by atoms with van der Waals surface area (Å²) in [7, 11) is 0. The van der Waals surface area contributed by atoms with Crippen molar-refractivity contribution in [1.29, 1.82) is 0 Å². The molecule has 0 aromatic heterocycles. The van der Waals surface area contributed by atoms with E-state index in [1.807, 2.05) is 12.1 Å². The van der Waals surface area contributed by atoms with Crippen LogP contribution in [0, 0.1) is 5.82 Å². The van der Waals surface area contributed by atoms with Gasteiger partial charge in [-0.1, -0.05) is 12.1 Å². The van der Waals surface area contributed by atoms with Crippen LogP contribution >= 0.6 is 11.9 Å². The first-order valence-corrected chi connectivity index (χ1v) is 9.89. The molecule has 29 heavy (non-hydrogen) atoms. The van der Waals surface area contributed by atoms with E-state index < -0.39 is 24.2 Å². The van der Waals surface area contributed by atoms with Gasteiger partial charge in [-0.05, 0) is 60.8 Å². The third-order valence-corrected chi connectivity index (χ3v) is 5.59. The summed E-state index contributed by atoms with van der Waals surface area (Å²) in [6, 6.07) is 12.7. The standard InChI is InChI=1S/C20H23FN2O5S/c1-13-19(20(25)22-26)23(10-17(11-24)28-13)29-18-8-6-16(7-9-18)27-12-14-2-4-15(21)5-3-14/h2-9,13,17,19,24,26H,10-12H2,1H3,(H,22,25)/t13?,17-,19-/m1/s1. The van der Waals surface area contributed by atoms with Gasteiger partial charge in [-0.25, -0.2) is 14.2 Å². The van der Waals surface area contributed by atoms with Crippen molar-refractivity contribution in [2.75, 3.05) is 13.2 Å². The summed E-state index contributed by atoms with van der Waals surface area (Å²) >= 11 is 1.34. The van der Waals surface area contributed by atoms with E-state index in [0.717, 1.165) is 10.5 Å². The number of rotatable bonds is 7. The van der Waals surface area contributed by atoms with Crippen molar-refractivity contribution in [1.82, 2.24) is 9.79 Å². The number of nitrogens with zero attached hydrogens (tertiary/aromatic N) is 1. The van der Waals surface area contributed by atoms with Crippen LogP contribution in [-0.2, 0) is 16.1 Å². The number of hydrogen-bond donors (Lipinski definition) is 3. The van der Waals surface area contributed by atoms with Gasteiger partial charge in [0.25, 0.3) is 5.91 Å². The molecule has 3 rings (SSSR count). The highest BCUT2D eigenvalue weighted by molar-refractivity contribution is 7.97. The third-order valence-electron chi connectivity index (χ3n) is 4.49. The fourth-order valence-electron chi connectivity index (χ4n) is 3.05. The summed E-state index contributed by atoms with van der Waals surface area (Å²) in [5.74, 6) is -0.197. The molecule has 9 heteroatoms. The van der Waals surface area contributed by atoms with E-state index in [1.165, 1.54) is 24.1 Å². The first-order valence-electron chi connectivity index (χ1n) is 9.12. The van der Waals surface area contributed by atoms with Crippen molar-refractivity contribution in [3.05, 3.63) is 59.9 Å². The molecule has 3 N–H and O–H groups in total. The first kappa shape index (κ1) is 21.5. The lowest BCUT2D eigenvalue weighted by Crippen LogP contribution is -2.57. The molecule has 1 amide bonds. The molecule has 1 heterocycles. The van der Waals surface area contributed by atoms with Gasteiger partial charge in [-0.15, -0.1) is 0 Å². The molecule has 1 saturated heterocycles. The van der Waals surface area contributed by atoms with Gasteiger partial charge >= 0.3 is 0 Å². The molecule has 3 atom stereocenters. The minimum atomic E-state index is -0.706. The van der Waals surface area contributed by atoms with Gasteiger partial charge in [-0.3, -0.25) is 10.0 Å². The van der Waals surface area contributed by atoms with Crippen molar-refractivity contribution in [3.8, 4) is 5.75 Å². The number of aliphatic hydroxyl groups is 1. The molecule has 0 bridgehead atoms. The molecule has 2 aromatic rings. The lowest BCUT2D eigenvalue weighted by molar-refractivity contribution is -0.150. The Balaban J connectivity index is 1.63. The summed E-state index contributed by atoms with van der Waals surface area (Å²) in [6.45, 7) is 2.21. The van der Waals surface area contributed by atoms with Crippen molar-refractivity contribution in [2.45, 2.75) is 36.7 Å². The smallest absolute Gasteiger partial charge is 0.264 e. The molecule has 2 aromatic carbocycles. The predicted octanol–water partition coefficient (Wildman–Crippen LogP) is 2.37. The second kappa shape index (κ2) is 10.0. The highest BCUT2D eigenvalue weighted by Crippen LogP contribution is 2.32. The number of nitrogens with one attached hydrogen (secondary N) is 1. The topological polar surface area (TPSA) is 91.3 Å². The average molecular weight is 422 g/mol. The van der Waals surface area contributed by atoms with E-state index in [0.29, 0.717) is 18.9 Å². The minimum absolute atomic E-state index is 0.162. The summed E-state index contributed by atoms with van der Waals surface area (Å²) in [5, 5.41) is 18.5. The van der Waals surface area contributed by atoms with Gasteiger partial charge in [0.1, 0.15) is 24.2 Å². The summed E-state index contributed by atoms with van der Waals surface area (Å²) in [4.78, 5) is 12.9. The fraction of sp³-hybridized carbons (Fsp3) is 0.350. The quantitative estimate of drug-likeness (QED) is 0.358. The van der Waals surface area contributed by atoms with Crippen LogP contribution in [0.15, 0.2) is 53.4 Å². The summed E-state index contributed by atoms with van der Waals surface area (Å²) in [5.41, 5.74) is 2.54. The number of carbonyl (C=O) groups excluding carboxylic acids is 1. The van der Waals surface area contributed by atoms with Crippen molar-refractivity contribution < 1.29 is 29.0 Å². The van der Waals surface area contributed by atoms with Crippen LogP contribution in [0.25, 0.3) is 0 Å². The van der Waals surface area contributed by atoms with Crippen molar-refractivity contribution in [2.24, 2.45) is 0 Å². The van der Waals surface area contributed by atoms with Crippen molar-refractivity contribution in [3.63, 3.8) is 0 Å². The molecule has 7 nitrogen and oxygen atoms in total. The number of halogens is 1. The van der Waals surface area contributed by atoms with E-state index in [1.54, 1.807) is 41.0 Å². The number of carbonyl (C=O) groups is 1. The predicted molar refractivity (Wildman–Crippen MR) is 105 cm³/mol. The molecule has 156 valence electrons. The largest absolute Gasteiger partial charge is 0.489 e. The van der Waals surface area contributed by atoms with Crippen LogP contribution < -0.4 is 10.2 Å². The number of hydroxylamine groups is 1. The van der Waals surface area contributed by atoms with E-state index in [2.05, 4.69) is 0 Å². The maximum absolute atomic E-state index is 13.0. The first-order chi connectivity index (χ1) is 14.0. The third kappa shape index (κ3) is 5.68. The number of aliphatic hydroxyl groups excluding tert-OH is 1. The van der Waals surface area contributed by atoms with Crippen LogP contribution in [-0.4, -0.2) is 51.9 Å². The Bertz CT molecular complexity index is 806. The maximum atomic E-state index is 13.0. The van der Waals surface area contributed by atoms with Gasteiger partial charge in [0.05, 0.1) is 18.8 Å². The van der Waals surface area contributed by atoms with Gasteiger partial charge in [0.2, 0.25) is 0 Å². The molecular formula is C20H23FN2O5S. The molecule has 1 fully saturated rings. The minimum Gasteiger partial charge on any atom is -0.489 e. The fourth-order valence-corrected chi connectivity index (χ4v) is 4.20. The number of morpholine rings is 1. The zero-order valence-corrected chi connectivity index (χ0v) is 16.6. The van der Waals surface area contributed by atoms with Gasteiger partial charge in [0, 0.05) is 11.4 Å². The van der Waals surface area contributed by atoms with Gasteiger partial charge in [0.15, 0.2) is 0 Å². The molecular weight excluding hydrogens is 399 g/mol. The second-order valence-corrected chi connectivity index (χ2v) is 7.77. The zero-order chi connectivity index (χ0) is 20.8. The Morgan fingerprint density at radius 1 is 1.28 bits per heavy atom. The zero-order valence-electron chi connectivity index (χ0n) is 15.8. The highest BCUT2D eigenvalue weighted by atomic mass is 32.2. The SMILES string of the molecule is CC1O[C@@H](CO)CN(Sc2ccc(OCc3ccc(F)cc3)cc2)[C@H]1C(=O)NO. The Labute approximate surface area is 172 Å². The van der Waals surface area contributed by atoms with Crippen LogP contribution in [0.2, 0.25) is 0 Å². The van der Waals surface area contributed by atoms with Crippen LogP contribution in [0.5, 0.6) is 5.75 Å². The Kier molecular flexibility index (Phi) is 7.45. The van der Waals surface area contributed by atoms with E-state index >= 15 is 0 Å². The van der Waals surface area contributed by atoms with E-state index in [4.69, 9.17) is 14.7 Å². The van der Waals surface area contributed by atoms with Crippen molar-refractivity contribution >= 4 is 17.9 Å². The molecule has 1 aliphatic rings. The van der Waals surface area contributed by atoms with E-state index in [9.17, 15) is 14.3 Å². The van der Waals surface area contributed by atoms with Crippen LogP contribution in [0.4, 0.5) is 4.39 Å². The number of benzene rings is 2. The molecule has 1 unspecified atom stereocenters. The molecule has 1 aliphatic heterocycles. The number of amides is 1. The Hall–Kier alpha value is -2.17. The lowest BCUT2D eigenvalue weighted by atomic mass is 10.1. The maximum Gasteiger partial charge on any atom is 0.264 e. The highest BCUT2D eigenvalue weighted by Gasteiger charge is 2.39. The van der Waals surface area contributed by atoms with Crippen LogP contribution in [0.3, 0.4) is 0 Å². The van der Waals surface area contributed by atoms with Gasteiger partial charge < -0.3 is 14.6 Å². The Morgan fingerprint density at radius 3 is 2.59 bits per heavy atom. The summed E-state index contributed by atoms with van der Waals surface area (Å²) in [6.07, 6.45) is -0.919. The number of ether oxygens (including phenoxy) is 2. The summed E-state index contributed by atoms with van der Waals surface area (Å²) < 4.78 is 26.1. The lowest BCUT2D eigenvalue weighted by Gasteiger charge is -2.40. The van der Waals surface area contributed by atoms with Gasteiger partial charge in [-0.2, -0.15) is 0 Å². The second-order valence-electron chi connectivity index (χ2n) is 6.64. The monoisotopic (exact) mass is 422 g/mol. The molecule has 0 saturated carbocycles. The molecule has 0 radical (unpaired) electrons. The van der Waals surface area contributed by atoms with E-state index in [-0.39, 0.29) is 12.4 Å². The Morgan fingerprint density at radius 2 is 1.97 bits per heavy atom.